The fourth-order valence-corrected chi connectivity index (χ4v) is 2.38. The molecule has 0 aliphatic rings. The first kappa shape index (κ1) is 21.7. The maximum absolute atomic E-state index is 12.7. The predicted octanol–water partition coefficient (Wildman–Crippen LogP) is 2.87. The molecule has 0 saturated carbocycles. The van der Waals surface area contributed by atoms with E-state index in [4.69, 9.17) is 4.84 Å². The largest absolute Gasteiger partial charge is 0.343 e. The van der Waals surface area contributed by atoms with Crippen LogP contribution in [0.15, 0.2) is 30.3 Å². The zero-order valence-corrected chi connectivity index (χ0v) is 16.5. The van der Waals surface area contributed by atoms with Gasteiger partial charge in [0.15, 0.2) is 0 Å². The lowest BCUT2D eigenvalue weighted by atomic mass is 9.76. The van der Waals surface area contributed by atoms with Crippen LogP contribution in [0.1, 0.15) is 59.9 Å². The van der Waals surface area contributed by atoms with E-state index in [9.17, 15) is 14.4 Å². The van der Waals surface area contributed by atoms with Crippen molar-refractivity contribution in [1.29, 1.82) is 0 Å². The first-order valence-electron chi connectivity index (χ1n) is 8.86. The molecular weight excluding hydrogens is 332 g/mol. The Morgan fingerprint density at radius 1 is 1.04 bits per heavy atom. The van der Waals surface area contributed by atoms with Crippen LogP contribution in [-0.4, -0.2) is 23.8 Å². The molecule has 0 aromatic heterocycles. The molecule has 6 heteroatoms. The van der Waals surface area contributed by atoms with Crippen LogP contribution in [0, 0.1) is 5.41 Å². The lowest BCUT2D eigenvalue weighted by Crippen LogP contribution is -2.58. The van der Waals surface area contributed by atoms with Crippen LogP contribution in [0.2, 0.25) is 0 Å². The van der Waals surface area contributed by atoms with E-state index in [2.05, 4.69) is 10.8 Å². The van der Waals surface area contributed by atoms with Crippen molar-refractivity contribution in [2.24, 2.45) is 5.41 Å². The summed E-state index contributed by atoms with van der Waals surface area (Å²) in [6.07, 6.45) is 0.829. The smallest absolute Gasteiger partial charge is 0.332 e. The summed E-state index contributed by atoms with van der Waals surface area (Å²) in [4.78, 5) is 41.6. The lowest BCUT2D eigenvalue weighted by molar-refractivity contribution is -0.160. The summed E-state index contributed by atoms with van der Waals surface area (Å²) in [7, 11) is 0. The van der Waals surface area contributed by atoms with Gasteiger partial charge in [0.2, 0.25) is 5.91 Å². The summed E-state index contributed by atoms with van der Waals surface area (Å²) in [5.74, 6) is -1.35. The zero-order chi connectivity index (χ0) is 20.0. The predicted molar refractivity (Wildman–Crippen MR) is 100.0 cm³/mol. The fourth-order valence-electron chi connectivity index (χ4n) is 2.38. The average molecular weight is 362 g/mol. The van der Waals surface area contributed by atoms with Gasteiger partial charge in [-0.2, -0.15) is 5.48 Å². The highest BCUT2D eigenvalue weighted by atomic mass is 16.7. The summed E-state index contributed by atoms with van der Waals surface area (Å²) in [6, 6.07) is 8.51. The molecule has 6 nitrogen and oxygen atoms in total. The minimum Gasteiger partial charge on any atom is -0.343 e. The van der Waals surface area contributed by atoms with Gasteiger partial charge in [-0.1, -0.05) is 71.9 Å². The van der Waals surface area contributed by atoms with Crippen LogP contribution in [0.25, 0.3) is 0 Å². The minimum absolute atomic E-state index is 0.210. The van der Waals surface area contributed by atoms with Crippen molar-refractivity contribution in [2.45, 2.75) is 65.8 Å². The summed E-state index contributed by atoms with van der Waals surface area (Å²) in [5, 5.41) is 2.81. The number of carbonyl (C=O) groups excluding carboxylic acids is 3. The maximum Gasteiger partial charge on any atom is 0.332 e. The van der Waals surface area contributed by atoms with Crippen molar-refractivity contribution >= 4 is 17.8 Å². The first-order chi connectivity index (χ1) is 12.0. The Balaban J connectivity index is 3.07. The number of hydroxylamine groups is 1. The van der Waals surface area contributed by atoms with E-state index in [0.717, 1.165) is 5.56 Å². The molecule has 2 N–H and O–H groups in total. The normalized spacial score (nSPS) is 12.8. The van der Waals surface area contributed by atoms with Gasteiger partial charge >= 0.3 is 5.97 Å². The third kappa shape index (κ3) is 5.86. The van der Waals surface area contributed by atoms with Gasteiger partial charge < -0.3 is 10.2 Å². The molecule has 1 rings (SSSR count). The molecule has 144 valence electrons. The fraction of sp³-hybridized carbons (Fsp3) is 0.550. The van der Waals surface area contributed by atoms with Crippen molar-refractivity contribution in [1.82, 2.24) is 10.8 Å². The number of carbonyl (C=O) groups is 3. The van der Waals surface area contributed by atoms with Crippen molar-refractivity contribution in [3.05, 3.63) is 35.9 Å². The Morgan fingerprint density at radius 3 is 2.12 bits per heavy atom. The Hall–Kier alpha value is -2.37. The topological polar surface area (TPSA) is 84.5 Å². The minimum atomic E-state index is -0.911. The molecule has 0 bridgehead atoms. The van der Waals surface area contributed by atoms with Gasteiger partial charge in [0.25, 0.3) is 5.91 Å². The third-order valence-electron chi connectivity index (χ3n) is 4.18. The number of rotatable bonds is 6. The zero-order valence-electron chi connectivity index (χ0n) is 16.5. The molecule has 0 radical (unpaired) electrons. The summed E-state index contributed by atoms with van der Waals surface area (Å²) in [5.41, 5.74) is 1.70. The second-order valence-electron chi connectivity index (χ2n) is 7.93. The van der Waals surface area contributed by atoms with E-state index in [1.54, 1.807) is 20.8 Å². The Bertz CT molecular complexity index is 633. The van der Waals surface area contributed by atoms with Gasteiger partial charge in [0, 0.05) is 17.3 Å². The van der Waals surface area contributed by atoms with Gasteiger partial charge in [-0.15, -0.1) is 0 Å². The highest BCUT2D eigenvalue weighted by molar-refractivity contribution is 5.91. The Kier molecular flexibility index (Phi) is 7.36. The molecule has 0 saturated heterocycles. The maximum atomic E-state index is 12.7. The van der Waals surface area contributed by atoms with Crippen LogP contribution in [-0.2, 0) is 24.6 Å². The molecule has 1 unspecified atom stereocenters. The number of nitrogens with one attached hydrogen (secondary N) is 2. The Morgan fingerprint density at radius 2 is 1.62 bits per heavy atom. The van der Waals surface area contributed by atoms with Gasteiger partial charge in [0.1, 0.15) is 6.04 Å². The highest BCUT2D eigenvalue weighted by Crippen LogP contribution is 2.28. The van der Waals surface area contributed by atoms with Crippen molar-refractivity contribution in [3.8, 4) is 0 Å². The van der Waals surface area contributed by atoms with Crippen LogP contribution < -0.4 is 10.8 Å². The standard InChI is InChI=1S/C20H30N2O4/c1-7-11-15(23)26-22-17(24)16(21-18(25)19(2,3)4)20(5,6)14-12-9-8-10-13-14/h8-10,12-13,16H,7,11H2,1-6H3,(H,21,25)(H,22,24). The van der Waals surface area contributed by atoms with Crippen LogP contribution >= 0.6 is 0 Å². The number of hydrogen-bond acceptors (Lipinski definition) is 4. The number of amides is 2. The average Bonchev–Trinajstić information content (AvgIpc) is 2.57. The van der Waals surface area contributed by atoms with E-state index in [1.165, 1.54) is 0 Å². The summed E-state index contributed by atoms with van der Waals surface area (Å²) >= 11 is 0. The molecular formula is C20H30N2O4. The van der Waals surface area contributed by atoms with Crippen molar-refractivity contribution < 1.29 is 19.2 Å². The van der Waals surface area contributed by atoms with Crippen LogP contribution in [0.5, 0.6) is 0 Å². The van der Waals surface area contributed by atoms with Crippen molar-refractivity contribution in [3.63, 3.8) is 0 Å². The first-order valence-corrected chi connectivity index (χ1v) is 8.86. The van der Waals surface area contributed by atoms with Gasteiger partial charge in [-0.3, -0.25) is 9.59 Å². The van der Waals surface area contributed by atoms with E-state index in [-0.39, 0.29) is 12.3 Å². The van der Waals surface area contributed by atoms with E-state index < -0.39 is 28.7 Å². The molecule has 1 aromatic carbocycles. The van der Waals surface area contributed by atoms with E-state index in [0.29, 0.717) is 6.42 Å². The molecule has 26 heavy (non-hydrogen) atoms. The number of benzene rings is 1. The monoisotopic (exact) mass is 362 g/mol. The lowest BCUT2D eigenvalue weighted by Gasteiger charge is -2.35. The molecule has 0 spiro atoms. The van der Waals surface area contributed by atoms with Gasteiger partial charge in [-0.05, 0) is 12.0 Å². The number of hydrogen-bond donors (Lipinski definition) is 2. The van der Waals surface area contributed by atoms with Gasteiger partial charge in [-0.25, -0.2) is 4.79 Å². The van der Waals surface area contributed by atoms with Crippen molar-refractivity contribution in [2.75, 3.05) is 0 Å². The molecule has 0 aliphatic carbocycles. The molecule has 2 amide bonds. The third-order valence-corrected chi connectivity index (χ3v) is 4.18. The summed E-state index contributed by atoms with van der Waals surface area (Å²) < 4.78 is 0. The molecule has 1 atom stereocenters. The van der Waals surface area contributed by atoms with E-state index >= 15 is 0 Å². The second kappa shape index (κ2) is 8.83. The quantitative estimate of drug-likeness (QED) is 0.762. The molecule has 0 heterocycles. The Labute approximate surface area is 155 Å². The SMILES string of the molecule is CCCC(=O)ONC(=O)C(NC(=O)C(C)(C)C)C(C)(C)c1ccccc1. The summed E-state index contributed by atoms with van der Waals surface area (Å²) in [6.45, 7) is 10.9. The molecule has 1 aromatic rings. The van der Waals surface area contributed by atoms with Crippen LogP contribution in [0.4, 0.5) is 0 Å². The highest BCUT2D eigenvalue weighted by Gasteiger charge is 2.40. The van der Waals surface area contributed by atoms with Crippen LogP contribution in [0.3, 0.4) is 0 Å². The van der Waals surface area contributed by atoms with E-state index in [1.807, 2.05) is 51.1 Å². The molecule has 0 fully saturated rings. The second-order valence-corrected chi connectivity index (χ2v) is 7.93. The van der Waals surface area contributed by atoms with Gasteiger partial charge in [0.05, 0.1) is 0 Å². The molecule has 0 aliphatic heterocycles.